The molecular formula is C30H26F3N7O2. The lowest BCUT2D eigenvalue weighted by Crippen LogP contribution is -2.49. The molecule has 1 aliphatic carbocycles. The number of benzene rings is 2. The number of hydrogen-bond acceptors (Lipinski definition) is 6. The molecule has 2 aromatic heterocycles. The molecule has 0 spiro atoms. The van der Waals surface area contributed by atoms with Gasteiger partial charge >= 0.3 is 12.2 Å². The summed E-state index contributed by atoms with van der Waals surface area (Å²) in [5.41, 5.74) is 2.96. The van der Waals surface area contributed by atoms with Crippen LogP contribution in [0.25, 0.3) is 0 Å². The Bertz CT molecular complexity index is 1700. The fraction of sp³-hybridized carbons (Fsp3) is 0.233. The number of aryl methyl sites for hydroxylation is 2. The average Bonchev–Trinajstić information content (AvgIpc) is 3.80. The summed E-state index contributed by atoms with van der Waals surface area (Å²) in [5.74, 6) is 0.208. The molecule has 214 valence electrons. The highest BCUT2D eigenvalue weighted by atomic mass is 19.4. The number of fused-ring (bicyclic) bond motifs is 1. The number of halogens is 3. The number of aromatic nitrogens is 3. The third kappa shape index (κ3) is 5.35. The number of amides is 3. The van der Waals surface area contributed by atoms with Gasteiger partial charge in [-0.2, -0.15) is 18.2 Å². The van der Waals surface area contributed by atoms with Crippen LogP contribution in [-0.4, -0.2) is 32.9 Å². The van der Waals surface area contributed by atoms with Gasteiger partial charge in [0, 0.05) is 35.2 Å². The van der Waals surface area contributed by atoms with Gasteiger partial charge in [-0.3, -0.25) is 19.6 Å². The van der Waals surface area contributed by atoms with E-state index in [4.69, 9.17) is 4.98 Å². The molecule has 6 rings (SSSR count). The van der Waals surface area contributed by atoms with Crippen molar-refractivity contribution in [3.05, 3.63) is 94.9 Å². The number of carbonyl (C=O) groups excluding carboxylic acids is 2. The second-order valence-corrected chi connectivity index (χ2v) is 10.3. The van der Waals surface area contributed by atoms with Gasteiger partial charge in [0.15, 0.2) is 0 Å². The van der Waals surface area contributed by atoms with Crippen LogP contribution < -0.4 is 20.4 Å². The molecule has 42 heavy (non-hydrogen) atoms. The van der Waals surface area contributed by atoms with Crippen molar-refractivity contribution in [3.63, 3.8) is 0 Å². The van der Waals surface area contributed by atoms with Crippen LogP contribution in [0.5, 0.6) is 0 Å². The molecule has 2 N–H and O–H groups in total. The Morgan fingerprint density at radius 2 is 1.83 bits per heavy atom. The van der Waals surface area contributed by atoms with Gasteiger partial charge in [0.2, 0.25) is 5.95 Å². The molecule has 2 aliphatic rings. The van der Waals surface area contributed by atoms with Crippen LogP contribution >= 0.6 is 0 Å². The molecule has 4 aromatic rings. The first-order valence-electron chi connectivity index (χ1n) is 13.3. The van der Waals surface area contributed by atoms with Gasteiger partial charge < -0.3 is 10.6 Å². The van der Waals surface area contributed by atoms with Crippen molar-refractivity contribution in [2.24, 2.45) is 0 Å². The molecule has 1 fully saturated rings. The summed E-state index contributed by atoms with van der Waals surface area (Å²) in [6.45, 7) is 3.92. The molecule has 2 aromatic carbocycles. The smallest absolute Gasteiger partial charge is 0.323 e. The van der Waals surface area contributed by atoms with Crippen LogP contribution in [0.2, 0.25) is 0 Å². The molecule has 0 bridgehead atoms. The van der Waals surface area contributed by atoms with E-state index in [-0.39, 0.29) is 24.2 Å². The molecular weight excluding hydrogens is 547 g/mol. The van der Waals surface area contributed by atoms with Gasteiger partial charge in [0.05, 0.1) is 29.2 Å². The van der Waals surface area contributed by atoms with Crippen molar-refractivity contribution in [1.82, 2.24) is 15.0 Å². The first kappa shape index (κ1) is 27.2. The van der Waals surface area contributed by atoms with Crippen LogP contribution in [-0.2, 0) is 12.7 Å². The van der Waals surface area contributed by atoms with E-state index in [0.717, 1.165) is 47.5 Å². The minimum absolute atomic E-state index is 0.00558. The fourth-order valence-corrected chi connectivity index (χ4v) is 4.84. The summed E-state index contributed by atoms with van der Waals surface area (Å²) in [6, 6.07) is 12.7. The van der Waals surface area contributed by atoms with Crippen molar-refractivity contribution in [2.75, 3.05) is 20.4 Å². The number of rotatable bonds is 6. The lowest BCUT2D eigenvalue weighted by Gasteiger charge is -2.37. The third-order valence-corrected chi connectivity index (χ3v) is 7.21. The topological polar surface area (TPSA) is 103 Å². The van der Waals surface area contributed by atoms with Crippen LogP contribution in [0.3, 0.4) is 0 Å². The molecule has 1 saturated carbocycles. The molecule has 0 radical (unpaired) electrons. The Balaban J connectivity index is 1.28. The summed E-state index contributed by atoms with van der Waals surface area (Å²) in [6.07, 6.45) is 0.521. The van der Waals surface area contributed by atoms with E-state index >= 15 is 0 Å². The number of alkyl halides is 3. The lowest BCUT2D eigenvalue weighted by molar-refractivity contribution is -0.137. The maximum Gasteiger partial charge on any atom is 0.416 e. The van der Waals surface area contributed by atoms with E-state index in [9.17, 15) is 22.8 Å². The Kier molecular flexibility index (Phi) is 6.76. The van der Waals surface area contributed by atoms with E-state index < -0.39 is 17.6 Å². The number of pyridine rings is 1. The van der Waals surface area contributed by atoms with Gasteiger partial charge in [-0.05, 0) is 74.7 Å². The standard InChI is InChI=1S/C30H26F3N7O2/c1-17-8-9-22(36-27(41)19-5-3-6-21(13-19)30(31,32)33)14-25(17)39-16-20-15-35-28(37-24-7-4-12-34-18(24)2)38-26(20)40(29(39)42)23-10-11-23/h3-9,12-15,23H,10-11,16H2,1-2H3,(H,36,41)(H,35,37,38). The van der Waals surface area contributed by atoms with Crippen molar-refractivity contribution < 1.29 is 22.8 Å². The predicted molar refractivity (Wildman–Crippen MR) is 152 cm³/mol. The molecule has 3 heterocycles. The largest absolute Gasteiger partial charge is 0.416 e. The van der Waals surface area contributed by atoms with Gasteiger partial charge in [-0.25, -0.2) is 9.78 Å². The van der Waals surface area contributed by atoms with Gasteiger partial charge in [-0.1, -0.05) is 12.1 Å². The molecule has 0 atom stereocenters. The quantitative estimate of drug-likeness (QED) is 0.269. The zero-order chi connectivity index (χ0) is 29.6. The van der Waals surface area contributed by atoms with E-state index in [2.05, 4.69) is 20.6 Å². The fourth-order valence-electron chi connectivity index (χ4n) is 4.84. The molecule has 3 amide bonds. The second-order valence-electron chi connectivity index (χ2n) is 10.3. The van der Waals surface area contributed by atoms with E-state index in [1.54, 1.807) is 40.4 Å². The summed E-state index contributed by atoms with van der Waals surface area (Å²) in [4.78, 5) is 43.5. The number of carbonyl (C=O) groups is 2. The van der Waals surface area contributed by atoms with E-state index in [0.29, 0.717) is 23.1 Å². The minimum Gasteiger partial charge on any atom is -0.323 e. The highest BCUT2D eigenvalue weighted by Crippen LogP contribution is 2.40. The maximum absolute atomic E-state index is 13.9. The zero-order valence-electron chi connectivity index (χ0n) is 22.7. The summed E-state index contributed by atoms with van der Waals surface area (Å²) < 4.78 is 39.4. The second kappa shape index (κ2) is 10.4. The van der Waals surface area contributed by atoms with Gasteiger partial charge in [0.25, 0.3) is 5.91 Å². The highest BCUT2D eigenvalue weighted by Gasteiger charge is 2.42. The first-order valence-corrected chi connectivity index (χ1v) is 13.3. The van der Waals surface area contributed by atoms with Crippen molar-refractivity contribution in [2.45, 2.75) is 45.5 Å². The Labute approximate surface area is 239 Å². The van der Waals surface area contributed by atoms with Crippen LogP contribution in [0.1, 0.15) is 45.6 Å². The maximum atomic E-state index is 13.9. The molecule has 9 nitrogen and oxygen atoms in total. The number of anilines is 5. The summed E-state index contributed by atoms with van der Waals surface area (Å²) >= 11 is 0. The molecule has 0 unspecified atom stereocenters. The molecule has 12 heteroatoms. The average molecular weight is 574 g/mol. The monoisotopic (exact) mass is 573 g/mol. The lowest BCUT2D eigenvalue weighted by atomic mass is 10.1. The van der Waals surface area contributed by atoms with Crippen LogP contribution in [0, 0.1) is 13.8 Å². The summed E-state index contributed by atoms with van der Waals surface area (Å²) in [5, 5.41) is 5.84. The molecule has 1 aliphatic heterocycles. The number of hydrogen-bond donors (Lipinski definition) is 2. The summed E-state index contributed by atoms with van der Waals surface area (Å²) in [7, 11) is 0. The Morgan fingerprint density at radius 3 is 2.57 bits per heavy atom. The number of urea groups is 1. The highest BCUT2D eigenvalue weighted by molar-refractivity contribution is 6.08. The normalized spacial score (nSPS) is 14.9. The van der Waals surface area contributed by atoms with Crippen LogP contribution in [0.15, 0.2) is 67.0 Å². The Hall–Kier alpha value is -5.00. The minimum atomic E-state index is -4.57. The first-order chi connectivity index (χ1) is 20.1. The van der Waals surface area contributed by atoms with E-state index in [1.807, 2.05) is 26.0 Å². The predicted octanol–water partition coefficient (Wildman–Crippen LogP) is 6.61. The number of nitrogens with zero attached hydrogens (tertiary/aromatic N) is 5. The third-order valence-electron chi connectivity index (χ3n) is 7.21. The molecule has 0 saturated heterocycles. The van der Waals surface area contributed by atoms with E-state index in [1.165, 1.54) is 12.1 Å². The van der Waals surface area contributed by atoms with Crippen molar-refractivity contribution in [3.8, 4) is 0 Å². The Morgan fingerprint density at radius 1 is 1.02 bits per heavy atom. The number of nitrogens with one attached hydrogen (secondary N) is 2. The van der Waals surface area contributed by atoms with Crippen molar-refractivity contribution in [1.29, 1.82) is 0 Å². The van der Waals surface area contributed by atoms with Crippen LogP contribution in [0.4, 0.5) is 46.8 Å². The van der Waals surface area contributed by atoms with Gasteiger partial charge in [0.1, 0.15) is 5.82 Å². The zero-order valence-corrected chi connectivity index (χ0v) is 22.7. The van der Waals surface area contributed by atoms with Crippen molar-refractivity contribution >= 4 is 40.8 Å². The van der Waals surface area contributed by atoms with Gasteiger partial charge in [-0.15, -0.1) is 0 Å². The SMILES string of the molecule is Cc1ccc(NC(=O)c2cccc(C(F)(F)F)c2)cc1N1Cc2cnc(Nc3cccnc3C)nc2N(C2CC2)C1=O.